The smallest absolute Gasteiger partial charge is 0.453 e. The van der Waals surface area contributed by atoms with Crippen LogP contribution in [0.25, 0.3) is 22.1 Å². The molecule has 0 bridgehead atoms. The quantitative estimate of drug-likeness (QED) is 0.153. The lowest BCUT2D eigenvalue weighted by Gasteiger charge is -2.15. The number of hydrogen-bond acceptors (Lipinski definition) is 6. The molecule has 0 saturated carbocycles. The molecule has 0 amide bonds. The molecule has 40 heavy (non-hydrogen) atoms. The van der Waals surface area contributed by atoms with Gasteiger partial charge in [-0.3, -0.25) is 4.79 Å². The Bertz CT molecular complexity index is 1730. The minimum Gasteiger partial charge on any atom is -0.490 e. The third kappa shape index (κ3) is 5.54. The largest absolute Gasteiger partial charge is 0.490 e. The Morgan fingerprint density at radius 2 is 1.48 bits per heavy atom. The van der Waals surface area contributed by atoms with E-state index in [0.29, 0.717) is 0 Å². The van der Waals surface area contributed by atoms with Gasteiger partial charge in [-0.25, -0.2) is 4.79 Å². The maximum Gasteiger partial charge on any atom is 0.453 e. The van der Waals surface area contributed by atoms with Crippen LogP contribution in [-0.2, 0) is 6.18 Å². The summed E-state index contributed by atoms with van der Waals surface area (Å²) >= 11 is 0. The average Bonchev–Trinajstić information content (AvgIpc) is 2.95. The van der Waals surface area contributed by atoms with Gasteiger partial charge >= 0.3 is 12.1 Å². The van der Waals surface area contributed by atoms with Gasteiger partial charge in [0.2, 0.25) is 11.2 Å². The van der Waals surface area contributed by atoms with Gasteiger partial charge in [0.05, 0.1) is 17.6 Å². The Morgan fingerprint density at radius 3 is 2.15 bits per heavy atom. The van der Waals surface area contributed by atoms with Gasteiger partial charge in [-0.2, -0.15) is 13.2 Å². The van der Waals surface area contributed by atoms with Crippen molar-refractivity contribution in [2.24, 2.45) is 0 Å². The van der Waals surface area contributed by atoms with Crippen molar-refractivity contribution < 1.29 is 36.6 Å². The van der Waals surface area contributed by atoms with Crippen molar-refractivity contribution >= 4 is 16.9 Å². The first kappa shape index (κ1) is 26.6. The second-order valence-corrected chi connectivity index (χ2v) is 8.56. The molecule has 9 heteroatoms. The summed E-state index contributed by atoms with van der Waals surface area (Å²) in [6, 6.07) is 25.8. The Balaban J connectivity index is 1.46. The van der Waals surface area contributed by atoms with Crippen LogP contribution in [0.5, 0.6) is 23.0 Å². The van der Waals surface area contributed by atoms with Crippen LogP contribution in [-0.4, -0.2) is 12.6 Å². The molecule has 6 nitrogen and oxygen atoms in total. The van der Waals surface area contributed by atoms with Gasteiger partial charge in [0.15, 0.2) is 11.5 Å². The van der Waals surface area contributed by atoms with E-state index in [1.807, 2.05) is 30.3 Å². The number of alkyl halides is 3. The van der Waals surface area contributed by atoms with Crippen molar-refractivity contribution in [2.45, 2.75) is 13.1 Å². The van der Waals surface area contributed by atoms with Crippen molar-refractivity contribution in [3.63, 3.8) is 0 Å². The Kier molecular flexibility index (Phi) is 7.29. The van der Waals surface area contributed by atoms with Crippen LogP contribution in [0, 0.1) is 0 Å². The lowest BCUT2D eigenvalue weighted by Crippen LogP contribution is -2.16. The lowest BCUT2D eigenvalue weighted by molar-refractivity contribution is -0.154. The molecule has 5 rings (SSSR count). The van der Waals surface area contributed by atoms with Gasteiger partial charge in [0.1, 0.15) is 11.3 Å². The summed E-state index contributed by atoms with van der Waals surface area (Å²) < 4.78 is 63.2. The molecular weight excluding hydrogens is 525 g/mol. The summed E-state index contributed by atoms with van der Waals surface area (Å²) in [5.41, 5.74) is 0.624. The zero-order valence-electron chi connectivity index (χ0n) is 21.0. The summed E-state index contributed by atoms with van der Waals surface area (Å²) in [6.07, 6.45) is -5.06. The van der Waals surface area contributed by atoms with Gasteiger partial charge in [0, 0.05) is 6.07 Å². The zero-order chi connectivity index (χ0) is 28.3. The first-order chi connectivity index (χ1) is 19.2. The molecule has 1 heterocycles. The predicted octanol–water partition coefficient (Wildman–Crippen LogP) is 7.89. The summed E-state index contributed by atoms with van der Waals surface area (Å²) in [7, 11) is 0. The second kappa shape index (κ2) is 11.0. The highest BCUT2D eigenvalue weighted by Gasteiger charge is 2.40. The van der Waals surface area contributed by atoms with E-state index < -0.39 is 34.7 Å². The van der Waals surface area contributed by atoms with Crippen LogP contribution in [0.1, 0.15) is 23.0 Å². The minimum atomic E-state index is -5.06. The molecule has 5 aromatic rings. The number of fused-ring (bicyclic) bond motifs is 1. The molecule has 0 fully saturated rings. The maximum absolute atomic E-state index is 14.0. The van der Waals surface area contributed by atoms with Crippen LogP contribution in [0.15, 0.2) is 106 Å². The number of benzene rings is 4. The van der Waals surface area contributed by atoms with Gasteiger partial charge in [-0.15, -0.1) is 0 Å². The topological polar surface area (TPSA) is 75.0 Å². The molecule has 202 valence electrons. The van der Waals surface area contributed by atoms with E-state index in [0.717, 1.165) is 17.2 Å². The number of rotatable bonds is 7. The molecule has 0 unspecified atom stereocenters. The SMILES string of the molecule is CCOc1ccccc1Oc1c(C(F)(F)F)oc2cc(OC(=O)c3ccc(-c4ccccc4)cc3)ccc2c1=O. The van der Waals surface area contributed by atoms with E-state index in [1.54, 1.807) is 37.3 Å². The number of carbonyl (C=O) groups excluding carboxylic acids is 1. The van der Waals surface area contributed by atoms with E-state index in [1.165, 1.54) is 30.3 Å². The van der Waals surface area contributed by atoms with Gasteiger partial charge < -0.3 is 18.6 Å². The average molecular weight is 546 g/mol. The Morgan fingerprint density at radius 1 is 0.825 bits per heavy atom. The summed E-state index contributed by atoms with van der Waals surface area (Å²) in [6.45, 7) is 1.93. The molecule has 0 N–H and O–H groups in total. The van der Waals surface area contributed by atoms with Crippen molar-refractivity contribution in [3.8, 4) is 34.1 Å². The van der Waals surface area contributed by atoms with E-state index in [9.17, 15) is 22.8 Å². The lowest BCUT2D eigenvalue weighted by atomic mass is 10.0. The normalized spacial score (nSPS) is 11.3. The number of ether oxygens (including phenoxy) is 3. The summed E-state index contributed by atoms with van der Waals surface area (Å²) in [5, 5.41) is -0.191. The van der Waals surface area contributed by atoms with Gasteiger partial charge in [-0.1, -0.05) is 54.6 Å². The number of esters is 1. The Labute approximate surface area is 226 Å². The molecular formula is C31H21F3O6. The first-order valence-corrected chi connectivity index (χ1v) is 12.2. The van der Waals surface area contributed by atoms with Crippen molar-refractivity contribution in [1.29, 1.82) is 0 Å². The fraction of sp³-hybridized carbons (Fsp3) is 0.0968. The highest BCUT2D eigenvalue weighted by molar-refractivity contribution is 5.92. The van der Waals surface area contributed by atoms with Crippen LogP contribution in [0.4, 0.5) is 13.2 Å². The van der Waals surface area contributed by atoms with Crippen molar-refractivity contribution in [1.82, 2.24) is 0 Å². The number of carbonyl (C=O) groups is 1. The first-order valence-electron chi connectivity index (χ1n) is 12.2. The highest BCUT2D eigenvalue weighted by Crippen LogP contribution is 2.40. The van der Waals surface area contributed by atoms with Gasteiger partial charge in [0.25, 0.3) is 5.76 Å². The van der Waals surface area contributed by atoms with Gasteiger partial charge in [-0.05, 0) is 54.4 Å². The second-order valence-electron chi connectivity index (χ2n) is 8.56. The number of para-hydroxylation sites is 2. The molecule has 0 aliphatic heterocycles. The van der Waals surface area contributed by atoms with Crippen molar-refractivity contribution in [3.05, 3.63) is 119 Å². The van der Waals surface area contributed by atoms with E-state index in [4.69, 9.17) is 18.6 Å². The molecule has 0 radical (unpaired) electrons. The maximum atomic E-state index is 14.0. The van der Waals surface area contributed by atoms with Crippen molar-refractivity contribution in [2.75, 3.05) is 6.61 Å². The minimum absolute atomic E-state index is 0.0784. The van der Waals surface area contributed by atoms with Crippen LogP contribution >= 0.6 is 0 Å². The van der Waals surface area contributed by atoms with Crippen LogP contribution in [0.3, 0.4) is 0 Å². The third-order valence-corrected chi connectivity index (χ3v) is 5.88. The predicted molar refractivity (Wildman–Crippen MR) is 142 cm³/mol. The summed E-state index contributed by atoms with van der Waals surface area (Å²) in [5.74, 6) is -3.41. The zero-order valence-corrected chi connectivity index (χ0v) is 21.0. The number of hydrogen-bond donors (Lipinski definition) is 0. The number of halogens is 3. The highest BCUT2D eigenvalue weighted by atomic mass is 19.4. The van der Waals surface area contributed by atoms with E-state index in [-0.39, 0.29) is 34.8 Å². The van der Waals surface area contributed by atoms with E-state index in [2.05, 4.69) is 0 Å². The third-order valence-electron chi connectivity index (χ3n) is 5.88. The molecule has 0 saturated heterocycles. The molecule has 0 aliphatic rings. The van der Waals surface area contributed by atoms with Crippen LogP contribution < -0.4 is 19.6 Å². The molecule has 0 atom stereocenters. The van der Waals surface area contributed by atoms with Crippen LogP contribution in [0.2, 0.25) is 0 Å². The standard InChI is InChI=1S/C31H21F3O6/c1-2-37-24-10-6-7-11-25(24)39-28-27(35)23-17-16-22(18-26(23)40-29(28)31(32,33)34)38-30(36)21-14-12-20(13-15-21)19-8-4-3-5-9-19/h3-18H,2H2,1H3. The fourth-order valence-corrected chi connectivity index (χ4v) is 4.01. The summed E-state index contributed by atoms with van der Waals surface area (Å²) in [4.78, 5) is 25.8. The molecule has 4 aromatic carbocycles. The molecule has 0 aliphatic carbocycles. The van der Waals surface area contributed by atoms with E-state index >= 15 is 0 Å². The molecule has 1 aromatic heterocycles. The monoisotopic (exact) mass is 546 g/mol. The fourth-order valence-electron chi connectivity index (χ4n) is 4.01. The Hall–Kier alpha value is -5.05. The molecule has 0 spiro atoms.